The topological polar surface area (TPSA) is 29.1 Å². The van der Waals surface area contributed by atoms with E-state index in [1.54, 1.807) is 12.1 Å². The van der Waals surface area contributed by atoms with E-state index in [0.29, 0.717) is 0 Å². The van der Waals surface area contributed by atoms with Crippen LogP contribution in [0.2, 0.25) is 0 Å². The predicted molar refractivity (Wildman–Crippen MR) is 65.7 cm³/mol. The number of halogens is 1. The fourth-order valence-corrected chi connectivity index (χ4v) is 2.27. The van der Waals surface area contributed by atoms with Gasteiger partial charge in [-0.05, 0) is 38.4 Å². The number of carbonyl (C=O) groups is 1. The first kappa shape index (κ1) is 12.2. The van der Waals surface area contributed by atoms with E-state index in [1.165, 1.54) is 6.07 Å². The fourth-order valence-electron chi connectivity index (χ4n) is 2.27. The van der Waals surface area contributed by atoms with Gasteiger partial charge in [-0.25, -0.2) is 4.39 Å². The van der Waals surface area contributed by atoms with Crippen molar-refractivity contribution in [2.24, 2.45) is 0 Å². The molecule has 0 saturated carbocycles. The summed E-state index contributed by atoms with van der Waals surface area (Å²) in [5.41, 5.74) is 1.15. The number of Topliss-reactive ketones (excluding diaryl/α,β-unsaturated/α-hetero) is 1. The van der Waals surface area contributed by atoms with E-state index in [0.717, 1.165) is 37.8 Å². The molecule has 0 amide bonds. The Balaban J connectivity index is 2.20. The SMILES string of the molecule is Cc1ccc(F)c(C(=O)C2CCCCCN2)c1. The van der Waals surface area contributed by atoms with Crippen molar-refractivity contribution in [2.45, 2.75) is 38.6 Å². The van der Waals surface area contributed by atoms with Gasteiger partial charge in [-0.3, -0.25) is 4.79 Å². The number of hydrogen-bond donors (Lipinski definition) is 1. The lowest BCUT2D eigenvalue weighted by molar-refractivity contribution is 0.0936. The van der Waals surface area contributed by atoms with Gasteiger partial charge >= 0.3 is 0 Å². The van der Waals surface area contributed by atoms with Crippen LogP contribution in [0.4, 0.5) is 4.39 Å². The molecule has 2 nitrogen and oxygen atoms in total. The van der Waals surface area contributed by atoms with Gasteiger partial charge in [0.2, 0.25) is 0 Å². The first-order valence-corrected chi connectivity index (χ1v) is 6.22. The van der Waals surface area contributed by atoms with Crippen molar-refractivity contribution >= 4 is 5.78 Å². The maximum Gasteiger partial charge on any atom is 0.182 e. The Kier molecular flexibility index (Phi) is 3.89. The monoisotopic (exact) mass is 235 g/mol. The summed E-state index contributed by atoms with van der Waals surface area (Å²) in [6, 6.07) is 4.49. The van der Waals surface area contributed by atoms with Crippen LogP contribution in [0.15, 0.2) is 18.2 Å². The van der Waals surface area contributed by atoms with Crippen molar-refractivity contribution in [3.63, 3.8) is 0 Å². The summed E-state index contributed by atoms with van der Waals surface area (Å²) in [5, 5.41) is 3.21. The Morgan fingerprint density at radius 1 is 1.35 bits per heavy atom. The summed E-state index contributed by atoms with van der Waals surface area (Å²) in [7, 11) is 0. The summed E-state index contributed by atoms with van der Waals surface area (Å²) in [6.07, 6.45) is 4.09. The molecule has 1 unspecified atom stereocenters. The minimum Gasteiger partial charge on any atom is -0.307 e. The maximum atomic E-state index is 13.6. The van der Waals surface area contributed by atoms with Crippen LogP contribution in [0.25, 0.3) is 0 Å². The van der Waals surface area contributed by atoms with Gasteiger partial charge in [-0.1, -0.05) is 24.5 Å². The largest absolute Gasteiger partial charge is 0.307 e. The Morgan fingerprint density at radius 3 is 3.00 bits per heavy atom. The number of carbonyl (C=O) groups excluding carboxylic acids is 1. The third kappa shape index (κ3) is 2.91. The van der Waals surface area contributed by atoms with E-state index in [1.807, 2.05) is 6.92 Å². The molecule has 1 aromatic rings. The Morgan fingerprint density at radius 2 is 2.18 bits per heavy atom. The minimum absolute atomic E-state index is 0.104. The predicted octanol–water partition coefficient (Wildman–Crippen LogP) is 2.85. The normalized spacial score (nSPS) is 20.9. The molecule has 1 heterocycles. The molecule has 1 atom stereocenters. The number of ketones is 1. The number of hydrogen-bond acceptors (Lipinski definition) is 2. The number of aryl methyl sites for hydroxylation is 1. The average molecular weight is 235 g/mol. The van der Waals surface area contributed by atoms with Crippen molar-refractivity contribution in [3.8, 4) is 0 Å². The van der Waals surface area contributed by atoms with Gasteiger partial charge in [-0.2, -0.15) is 0 Å². The maximum absolute atomic E-state index is 13.6. The fraction of sp³-hybridized carbons (Fsp3) is 0.500. The van der Waals surface area contributed by atoms with Crippen LogP contribution >= 0.6 is 0 Å². The molecule has 1 fully saturated rings. The van der Waals surface area contributed by atoms with Crippen LogP contribution in [0.5, 0.6) is 0 Å². The Labute approximate surface area is 101 Å². The third-order valence-electron chi connectivity index (χ3n) is 3.26. The summed E-state index contributed by atoms with van der Waals surface area (Å²) < 4.78 is 13.6. The molecular formula is C14H18FNO. The van der Waals surface area contributed by atoms with Crippen LogP contribution in [0.3, 0.4) is 0 Å². The van der Waals surface area contributed by atoms with Gasteiger partial charge in [0, 0.05) is 0 Å². The first-order chi connectivity index (χ1) is 8.18. The molecular weight excluding hydrogens is 217 g/mol. The minimum atomic E-state index is -0.411. The van der Waals surface area contributed by atoms with E-state index >= 15 is 0 Å². The lowest BCUT2D eigenvalue weighted by Crippen LogP contribution is -2.36. The van der Waals surface area contributed by atoms with Crippen LogP contribution < -0.4 is 5.32 Å². The zero-order valence-corrected chi connectivity index (χ0v) is 10.1. The number of rotatable bonds is 2. The molecule has 0 aromatic heterocycles. The van der Waals surface area contributed by atoms with Crippen molar-refractivity contribution in [2.75, 3.05) is 6.54 Å². The summed E-state index contributed by atoms with van der Waals surface area (Å²) in [6.45, 7) is 2.72. The molecule has 1 aliphatic rings. The van der Waals surface area contributed by atoms with E-state index in [2.05, 4.69) is 5.32 Å². The average Bonchev–Trinajstić information content (AvgIpc) is 2.60. The molecule has 2 rings (SSSR count). The molecule has 0 aliphatic carbocycles. The lowest BCUT2D eigenvalue weighted by Gasteiger charge is -2.15. The highest BCUT2D eigenvalue weighted by atomic mass is 19.1. The summed E-state index contributed by atoms with van der Waals surface area (Å²) >= 11 is 0. The molecule has 1 aromatic carbocycles. The molecule has 1 saturated heterocycles. The van der Waals surface area contributed by atoms with E-state index in [-0.39, 0.29) is 17.4 Å². The second-order valence-electron chi connectivity index (χ2n) is 4.70. The molecule has 1 N–H and O–H groups in total. The molecule has 0 radical (unpaired) electrons. The van der Waals surface area contributed by atoms with Crippen molar-refractivity contribution in [3.05, 3.63) is 35.1 Å². The zero-order valence-electron chi connectivity index (χ0n) is 10.1. The molecule has 0 bridgehead atoms. The third-order valence-corrected chi connectivity index (χ3v) is 3.26. The van der Waals surface area contributed by atoms with E-state index in [4.69, 9.17) is 0 Å². The molecule has 0 spiro atoms. The van der Waals surface area contributed by atoms with Crippen LogP contribution in [-0.2, 0) is 0 Å². The molecule has 92 valence electrons. The molecule has 3 heteroatoms. The van der Waals surface area contributed by atoms with E-state index in [9.17, 15) is 9.18 Å². The van der Waals surface area contributed by atoms with Gasteiger partial charge in [0.15, 0.2) is 5.78 Å². The lowest BCUT2D eigenvalue weighted by atomic mass is 9.98. The zero-order chi connectivity index (χ0) is 12.3. The van der Waals surface area contributed by atoms with Crippen molar-refractivity contribution in [1.29, 1.82) is 0 Å². The summed E-state index contributed by atoms with van der Waals surface area (Å²) in [4.78, 5) is 12.2. The van der Waals surface area contributed by atoms with Gasteiger partial charge in [0.25, 0.3) is 0 Å². The Hall–Kier alpha value is -1.22. The van der Waals surface area contributed by atoms with Crippen LogP contribution in [-0.4, -0.2) is 18.4 Å². The van der Waals surface area contributed by atoms with Crippen molar-refractivity contribution in [1.82, 2.24) is 5.32 Å². The van der Waals surface area contributed by atoms with Gasteiger partial charge < -0.3 is 5.32 Å². The Bertz CT molecular complexity index is 409. The van der Waals surface area contributed by atoms with Gasteiger partial charge in [0.05, 0.1) is 11.6 Å². The smallest absolute Gasteiger partial charge is 0.182 e. The second kappa shape index (κ2) is 5.41. The summed E-state index contributed by atoms with van der Waals surface area (Å²) in [5.74, 6) is -0.514. The van der Waals surface area contributed by atoms with Gasteiger partial charge in [0.1, 0.15) is 5.82 Å². The highest BCUT2D eigenvalue weighted by Gasteiger charge is 2.23. The standard InChI is InChI=1S/C14H18FNO/c1-10-6-7-12(15)11(9-10)14(17)13-5-3-2-4-8-16-13/h6-7,9,13,16H,2-5,8H2,1H3. The quantitative estimate of drug-likeness (QED) is 0.799. The highest BCUT2D eigenvalue weighted by Crippen LogP contribution is 2.17. The molecule has 17 heavy (non-hydrogen) atoms. The van der Waals surface area contributed by atoms with Crippen LogP contribution in [0, 0.1) is 12.7 Å². The highest BCUT2D eigenvalue weighted by molar-refractivity contribution is 6.00. The molecule has 1 aliphatic heterocycles. The number of nitrogens with one attached hydrogen (secondary N) is 1. The van der Waals surface area contributed by atoms with Crippen molar-refractivity contribution < 1.29 is 9.18 Å². The van der Waals surface area contributed by atoms with Crippen LogP contribution in [0.1, 0.15) is 41.6 Å². The number of benzene rings is 1. The first-order valence-electron chi connectivity index (χ1n) is 6.22. The van der Waals surface area contributed by atoms with E-state index < -0.39 is 5.82 Å². The van der Waals surface area contributed by atoms with Gasteiger partial charge in [-0.15, -0.1) is 0 Å². The second-order valence-corrected chi connectivity index (χ2v) is 4.70.